The molecular formula is C14H21N5O3. The van der Waals surface area contributed by atoms with Crippen molar-refractivity contribution in [3.63, 3.8) is 0 Å². The predicted octanol–water partition coefficient (Wildman–Crippen LogP) is 0.300. The summed E-state index contributed by atoms with van der Waals surface area (Å²) in [4.78, 5) is 23.5. The lowest BCUT2D eigenvalue weighted by atomic mass is 10.2. The average molecular weight is 307 g/mol. The average Bonchev–Trinajstić information content (AvgIpc) is 3.20. The van der Waals surface area contributed by atoms with Crippen molar-refractivity contribution < 1.29 is 14.3 Å². The van der Waals surface area contributed by atoms with E-state index in [4.69, 9.17) is 4.74 Å². The third-order valence-corrected chi connectivity index (χ3v) is 3.77. The number of nitrogens with one attached hydrogen (secondary N) is 3. The highest BCUT2D eigenvalue weighted by molar-refractivity contribution is 5.91. The Morgan fingerprint density at radius 2 is 2.32 bits per heavy atom. The summed E-state index contributed by atoms with van der Waals surface area (Å²) in [5.41, 5.74) is 0.946. The molecule has 2 atom stereocenters. The van der Waals surface area contributed by atoms with Gasteiger partial charge >= 0.3 is 0 Å². The van der Waals surface area contributed by atoms with E-state index in [9.17, 15) is 9.59 Å². The molecule has 1 aliphatic heterocycles. The van der Waals surface area contributed by atoms with Crippen molar-refractivity contribution >= 4 is 17.6 Å². The number of hydrogen-bond donors (Lipinski definition) is 3. The molecule has 2 heterocycles. The van der Waals surface area contributed by atoms with Gasteiger partial charge in [0.25, 0.3) is 5.91 Å². The summed E-state index contributed by atoms with van der Waals surface area (Å²) in [5.74, 6) is 0.738. The molecule has 0 aromatic carbocycles. The van der Waals surface area contributed by atoms with Gasteiger partial charge in [-0.3, -0.25) is 14.9 Å². The first-order valence-electron chi connectivity index (χ1n) is 7.50. The third kappa shape index (κ3) is 3.28. The number of ether oxygens (including phenoxy) is 1. The number of hydrogen-bond acceptors (Lipinski definition) is 5. The molecule has 1 aromatic heterocycles. The second kappa shape index (κ2) is 6.05. The Balaban J connectivity index is 1.84. The summed E-state index contributed by atoms with van der Waals surface area (Å²) in [6.07, 6.45) is 2.20. The fraction of sp³-hybridized carbons (Fsp3) is 0.643. The zero-order valence-electron chi connectivity index (χ0n) is 12.8. The molecule has 1 aromatic rings. The van der Waals surface area contributed by atoms with Gasteiger partial charge < -0.3 is 15.4 Å². The molecule has 0 spiro atoms. The van der Waals surface area contributed by atoms with Crippen LogP contribution < -0.4 is 16.0 Å². The van der Waals surface area contributed by atoms with Crippen LogP contribution in [0.25, 0.3) is 0 Å². The lowest BCUT2D eigenvalue weighted by Gasteiger charge is -2.30. The molecule has 3 N–H and O–H groups in total. The van der Waals surface area contributed by atoms with E-state index in [1.54, 1.807) is 4.68 Å². The standard InChI is InChI=1S/C14H21N5O3/c1-8-5-12(20)17-14(15-8)19-11(16-13(21)7-22-2)6-10(18-19)9-3-4-9/h6,8-9,14-15H,3-5,7H2,1-2H3,(H,16,21)(H,17,20). The third-order valence-electron chi connectivity index (χ3n) is 3.77. The second-order valence-electron chi connectivity index (χ2n) is 5.90. The number of amides is 2. The highest BCUT2D eigenvalue weighted by atomic mass is 16.5. The van der Waals surface area contributed by atoms with Crippen molar-refractivity contribution in [2.45, 2.75) is 44.4 Å². The first-order valence-corrected chi connectivity index (χ1v) is 7.50. The Kier molecular flexibility index (Phi) is 4.12. The molecule has 2 unspecified atom stereocenters. The fourth-order valence-electron chi connectivity index (χ4n) is 2.58. The van der Waals surface area contributed by atoms with Crippen LogP contribution in [0.4, 0.5) is 5.82 Å². The molecule has 1 aliphatic carbocycles. The Labute approximate surface area is 128 Å². The SMILES string of the molecule is COCC(=O)Nc1cc(C2CC2)nn1C1NC(=O)CC(C)N1. The summed E-state index contributed by atoms with van der Waals surface area (Å²) in [5, 5.41) is 13.5. The molecule has 22 heavy (non-hydrogen) atoms. The number of carbonyl (C=O) groups excluding carboxylic acids is 2. The maximum Gasteiger partial charge on any atom is 0.251 e. The van der Waals surface area contributed by atoms with E-state index in [1.165, 1.54) is 7.11 Å². The van der Waals surface area contributed by atoms with E-state index < -0.39 is 6.29 Å². The number of rotatable bonds is 5. The number of nitrogens with zero attached hydrogens (tertiary/aromatic N) is 2. The molecule has 8 heteroatoms. The molecule has 3 rings (SSSR count). The van der Waals surface area contributed by atoms with Gasteiger partial charge in [-0.05, 0) is 19.8 Å². The molecule has 2 aliphatic rings. The highest BCUT2D eigenvalue weighted by Crippen LogP contribution is 2.40. The summed E-state index contributed by atoms with van der Waals surface area (Å²) in [6, 6.07) is 1.92. The molecule has 2 fully saturated rings. The lowest BCUT2D eigenvalue weighted by Crippen LogP contribution is -2.52. The maximum atomic E-state index is 11.8. The van der Waals surface area contributed by atoms with Gasteiger partial charge in [-0.25, -0.2) is 4.68 Å². The van der Waals surface area contributed by atoms with Crippen molar-refractivity contribution in [3.8, 4) is 0 Å². The first kappa shape index (κ1) is 15.0. The number of aromatic nitrogens is 2. The van der Waals surface area contributed by atoms with Crippen LogP contribution in [0.1, 0.15) is 44.1 Å². The molecule has 0 bridgehead atoms. The fourth-order valence-corrected chi connectivity index (χ4v) is 2.58. The smallest absolute Gasteiger partial charge is 0.251 e. The van der Waals surface area contributed by atoms with Crippen molar-refractivity contribution in [3.05, 3.63) is 11.8 Å². The summed E-state index contributed by atoms with van der Waals surface area (Å²) < 4.78 is 6.47. The Morgan fingerprint density at radius 3 is 2.95 bits per heavy atom. The van der Waals surface area contributed by atoms with E-state index in [-0.39, 0.29) is 24.5 Å². The Hall–Kier alpha value is -1.93. The van der Waals surface area contributed by atoms with Crippen LogP contribution in [-0.2, 0) is 14.3 Å². The molecule has 1 saturated carbocycles. The van der Waals surface area contributed by atoms with Crippen molar-refractivity contribution in [2.24, 2.45) is 0 Å². The van der Waals surface area contributed by atoms with Crippen LogP contribution in [0, 0.1) is 0 Å². The molecule has 0 radical (unpaired) electrons. The molecule has 120 valence electrons. The van der Waals surface area contributed by atoms with Gasteiger partial charge in [0, 0.05) is 31.6 Å². The second-order valence-corrected chi connectivity index (χ2v) is 5.90. The number of methoxy groups -OCH3 is 1. The number of carbonyl (C=O) groups is 2. The molecule has 8 nitrogen and oxygen atoms in total. The van der Waals surface area contributed by atoms with E-state index in [0.717, 1.165) is 18.5 Å². The quantitative estimate of drug-likeness (QED) is 0.727. The lowest BCUT2D eigenvalue weighted by molar-refractivity contribution is -0.125. The highest BCUT2D eigenvalue weighted by Gasteiger charge is 2.31. The van der Waals surface area contributed by atoms with Gasteiger partial charge in [0.15, 0.2) is 6.29 Å². The molecule has 1 saturated heterocycles. The van der Waals surface area contributed by atoms with E-state index in [2.05, 4.69) is 21.0 Å². The summed E-state index contributed by atoms with van der Waals surface area (Å²) >= 11 is 0. The first-order chi connectivity index (χ1) is 10.6. The summed E-state index contributed by atoms with van der Waals surface area (Å²) in [6.45, 7) is 1.92. The van der Waals surface area contributed by atoms with E-state index in [1.807, 2.05) is 13.0 Å². The van der Waals surface area contributed by atoms with Crippen LogP contribution in [0.3, 0.4) is 0 Å². The minimum Gasteiger partial charge on any atom is -0.375 e. The van der Waals surface area contributed by atoms with Crippen LogP contribution in [0.2, 0.25) is 0 Å². The zero-order valence-corrected chi connectivity index (χ0v) is 12.8. The maximum absolute atomic E-state index is 11.8. The van der Waals surface area contributed by atoms with Crippen molar-refractivity contribution in [2.75, 3.05) is 19.0 Å². The zero-order chi connectivity index (χ0) is 15.7. The Bertz CT molecular complexity index is 581. The normalized spacial score (nSPS) is 24.9. The van der Waals surface area contributed by atoms with E-state index in [0.29, 0.717) is 18.2 Å². The van der Waals surface area contributed by atoms with Gasteiger partial charge in [0.1, 0.15) is 12.4 Å². The summed E-state index contributed by atoms with van der Waals surface area (Å²) in [7, 11) is 1.47. The number of anilines is 1. The van der Waals surface area contributed by atoms with Crippen molar-refractivity contribution in [1.82, 2.24) is 20.4 Å². The van der Waals surface area contributed by atoms with Gasteiger partial charge in [0.2, 0.25) is 5.91 Å². The van der Waals surface area contributed by atoms with Crippen LogP contribution in [0.15, 0.2) is 6.07 Å². The minimum absolute atomic E-state index is 0.0230. The van der Waals surface area contributed by atoms with Gasteiger partial charge in [-0.2, -0.15) is 5.10 Å². The van der Waals surface area contributed by atoms with Crippen LogP contribution in [-0.4, -0.2) is 41.4 Å². The van der Waals surface area contributed by atoms with E-state index >= 15 is 0 Å². The van der Waals surface area contributed by atoms with Gasteiger partial charge in [0.05, 0.1) is 5.69 Å². The topological polar surface area (TPSA) is 97.3 Å². The largest absolute Gasteiger partial charge is 0.375 e. The predicted molar refractivity (Wildman–Crippen MR) is 79.1 cm³/mol. The van der Waals surface area contributed by atoms with Gasteiger partial charge in [-0.1, -0.05) is 0 Å². The van der Waals surface area contributed by atoms with Crippen LogP contribution >= 0.6 is 0 Å². The monoisotopic (exact) mass is 307 g/mol. The van der Waals surface area contributed by atoms with Crippen LogP contribution in [0.5, 0.6) is 0 Å². The van der Waals surface area contributed by atoms with Gasteiger partial charge in [-0.15, -0.1) is 0 Å². The Morgan fingerprint density at radius 1 is 1.55 bits per heavy atom. The molecular weight excluding hydrogens is 286 g/mol. The molecule has 2 amide bonds. The van der Waals surface area contributed by atoms with Crippen molar-refractivity contribution in [1.29, 1.82) is 0 Å². The minimum atomic E-state index is -0.457.